The van der Waals surface area contributed by atoms with Gasteiger partial charge in [-0.05, 0) is 30.3 Å². The van der Waals surface area contributed by atoms with Crippen LogP contribution in [0.2, 0.25) is 0 Å². The highest BCUT2D eigenvalue weighted by molar-refractivity contribution is 9.10. The van der Waals surface area contributed by atoms with Crippen LogP contribution in [-0.4, -0.2) is 12.1 Å². The molecule has 0 unspecified atom stereocenters. The normalized spacial score (nSPS) is 10.8. The Labute approximate surface area is 124 Å². The molecule has 0 aliphatic rings. The predicted molar refractivity (Wildman–Crippen MR) is 83.1 cm³/mol. The third-order valence-electron chi connectivity index (χ3n) is 2.89. The van der Waals surface area contributed by atoms with E-state index in [-0.39, 0.29) is 0 Å². The Kier molecular flexibility index (Phi) is 3.53. The van der Waals surface area contributed by atoms with Crippen LogP contribution < -0.4 is 4.74 Å². The Morgan fingerprint density at radius 3 is 2.79 bits per heavy atom. The zero-order valence-electron chi connectivity index (χ0n) is 10.3. The first kappa shape index (κ1) is 12.6. The van der Waals surface area contributed by atoms with E-state index in [1.54, 1.807) is 18.9 Å². The number of aromatic amines is 1. The van der Waals surface area contributed by atoms with Gasteiger partial charge in [-0.15, -0.1) is 0 Å². The fourth-order valence-corrected chi connectivity index (χ4v) is 3.37. The molecule has 0 spiro atoms. The van der Waals surface area contributed by atoms with Crippen LogP contribution in [0.3, 0.4) is 0 Å². The van der Waals surface area contributed by atoms with Crippen LogP contribution in [0.15, 0.2) is 62.9 Å². The van der Waals surface area contributed by atoms with E-state index in [0.717, 1.165) is 20.6 Å². The summed E-state index contributed by atoms with van der Waals surface area (Å²) < 4.78 is 6.47. The van der Waals surface area contributed by atoms with Crippen molar-refractivity contribution >= 4 is 38.6 Å². The Morgan fingerprint density at radius 2 is 1.95 bits per heavy atom. The van der Waals surface area contributed by atoms with Gasteiger partial charge in [-0.1, -0.05) is 39.8 Å². The number of H-pyrrole nitrogens is 1. The molecule has 0 saturated heterocycles. The van der Waals surface area contributed by atoms with Crippen molar-refractivity contribution in [1.82, 2.24) is 4.98 Å². The van der Waals surface area contributed by atoms with E-state index >= 15 is 0 Å². The summed E-state index contributed by atoms with van der Waals surface area (Å²) in [5.74, 6) is 0.900. The summed E-state index contributed by atoms with van der Waals surface area (Å²) >= 11 is 5.22. The van der Waals surface area contributed by atoms with Crippen LogP contribution >= 0.6 is 27.7 Å². The Morgan fingerprint density at radius 1 is 1.11 bits per heavy atom. The highest BCUT2D eigenvalue weighted by Crippen LogP contribution is 2.38. The number of methoxy groups -OCH3 is 1. The largest absolute Gasteiger partial charge is 0.496 e. The van der Waals surface area contributed by atoms with Gasteiger partial charge in [0.15, 0.2) is 0 Å². The lowest BCUT2D eigenvalue weighted by Gasteiger charge is -2.06. The molecule has 3 aromatic rings. The molecule has 0 amide bonds. The topological polar surface area (TPSA) is 25.0 Å². The third-order valence-corrected chi connectivity index (χ3v) is 4.50. The maximum Gasteiger partial charge on any atom is 0.132 e. The molecule has 0 atom stereocenters. The molecule has 0 radical (unpaired) electrons. The minimum Gasteiger partial charge on any atom is -0.496 e. The van der Waals surface area contributed by atoms with Gasteiger partial charge in [0.25, 0.3) is 0 Å². The van der Waals surface area contributed by atoms with Crippen molar-refractivity contribution in [3.8, 4) is 5.75 Å². The Balaban J connectivity index is 2.03. The predicted octanol–water partition coefficient (Wildman–Crippen LogP) is 5.09. The van der Waals surface area contributed by atoms with Crippen molar-refractivity contribution in [2.45, 2.75) is 9.79 Å². The second-order valence-corrected chi connectivity index (χ2v) is 6.10. The molecule has 4 heteroatoms. The van der Waals surface area contributed by atoms with Gasteiger partial charge in [0, 0.05) is 26.5 Å². The average molecular weight is 334 g/mol. The summed E-state index contributed by atoms with van der Waals surface area (Å²) in [6, 6.07) is 14.3. The van der Waals surface area contributed by atoms with Crippen LogP contribution in [0.25, 0.3) is 10.9 Å². The number of nitrogens with one attached hydrogen (secondary N) is 1. The maximum absolute atomic E-state index is 5.39. The summed E-state index contributed by atoms with van der Waals surface area (Å²) in [6.07, 6.45) is 2.04. The number of para-hydroxylation sites is 1. The lowest BCUT2D eigenvalue weighted by Crippen LogP contribution is -1.84. The van der Waals surface area contributed by atoms with Crippen molar-refractivity contribution in [2.24, 2.45) is 0 Å². The molecule has 1 N–H and O–H groups in total. The fraction of sp³-hybridized carbons (Fsp3) is 0.0667. The third kappa shape index (κ3) is 2.51. The number of hydrogen-bond acceptors (Lipinski definition) is 2. The molecule has 2 nitrogen and oxygen atoms in total. The summed E-state index contributed by atoms with van der Waals surface area (Å²) in [4.78, 5) is 5.60. The highest BCUT2D eigenvalue weighted by atomic mass is 79.9. The number of ether oxygens (including phenoxy) is 1. The summed E-state index contributed by atoms with van der Waals surface area (Å²) in [5, 5.41) is 1.21. The average Bonchev–Trinajstić information content (AvgIpc) is 2.82. The highest BCUT2D eigenvalue weighted by Gasteiger charge is 2.09. The van der Waals surface area contributed by atoms with Gasteiger partial charge in [0.1, 0.15) is 5.75 Å². The lowest BCUT2D eigenvalue weighted by atomic mass is 10.2. The zero-order chi connectivity index (χ0) is 13.2. The van der Waals surface area contributed by atoms with Gasteiger partial charge in [0.05, 0.1) is 12.0 Å². The van der Waals surface area contributed by atoms with Crippen LogP contribution in [0.1, 0.15) is 0 Å². The van der Waals surface area contributed by atoms with Gasteiger partial charge in [0.2, 0.25) is 0 Å². The van der Waals surface area contributed by atoms with E-state index in [1.807, 2.05) is 30.5 Å². The van der Waals surface area contributed by atoms with Crippen molar-refractivity contribution in [2.75, 3.05) is 7.11 Å². The lowest BCUT2D eigenvalue weighted by molar-refractivity contribution is 0.405. The molecule has 1 heterocycles. The van der Waals surface area contributed by atoms with E-state index in [9.17, 15) is 0 Å². The first-order valence-corrected chi connectivity index (χ1v) is 7.46. The second kappa shape index (κ2) is 5.31. The van der Waals surface area contributed by atoms with Gasteiger partial charge in [-0.25, -0.2) is 0 Å². The Hall–Kier alpha value is -1.39. The van der Waals surface area contributed by atoms with Crippen LogP contribution in [0.5, 0.6) is 5.75 Å². The van der Waals surface area contributed by atoms with E-state index in [2.05, 4.69) is 39.1 Å². The Bertz CT molecular complexity index is 723. The monoisotopic (exact) mass is 333 g/mol. The number of hydrogen-bond donors (Lipinski definition) is 1. The first-order chi connectivity index (χ1) is 9.28. The van der Waals surface area contributed by atoms with Gasteiger partial charge in [-0.3, -0.25) is 0 Å². The number of rotatable bonds is 3. The molecular weight excluding hydrogens is 322 g/mol. The molecule has 19 heavy (non-hydrogen) atoms. The van der Waals surface area contributed by atoms with E-state index in [1.165, 1.54) is 10.3 Å². The second-order valence-electron chi connectivity index (χ2n) is 4.10. The number of benzene rings is 2. The molecule has 3 rings (SSSR count). The minimum atomic E-state index is 0.900. The summed E-state index contributed by atoms with van der Waals surface area (Å²) in [6.45, 7) is 0. The molecular formula is C15H12BrNOS. The molecule has 0 aliphatic heterocycles. The number of aromatic nitrogens is 1. The zero-order valence-corrected chi connectivity index (χ0v) is 12.7. The van der Waals surface area contributed by atoms with Gasteiger partial charge >= 0.3 is 0 Å². The maximum atomic E-state index is 5.39. The first-order valence-electron chi connectivity index (χ1n) is 5.85. The smallest absolute Gasteiger partial charge is 0.132 e. The standard InChI is InChI=1S/C15H12BrNOS/c1-18-13-4-2-3-5-14(13)19-15-9-17-12-7-6-10(16)8-11(12)15/h2-9,17H,1H3. The molecule has 0 aliphatic carbocycles. The van der Waals surface area contributed by atoms with E-state index < -0.39 is 0 Å². The molecule has 0 saturated carbocycles. The molecule has 0 fully saturated rings. The molecule has 0 bridgehead atoms. The van der Waals surface area contributed by atoms with Gasteiger partial charge < -0.3 is 9.72 Å². The van der Waals surface area contributed by atoms with E-state index in [4.69, 9.17) is 4.74 Å². The SMILES string of the molecule is COc1ccccc1Sc1c[nH]c2ccc(Br)cc12. The molecule has 2 aromatic carbocycles. The molecule has 96 valence electrons. The van der Waals surface area contributed by atoms with Crippen LogP contribution in [0, 0.1) is 0 Å². The van der Waals surface area contributed by atoms with Crippen molar-refractivity contribution in [1.29, 1.82) is 0 Å². The summed E-state index contributed by atoms with van der Waals surface area (Å²) in [5.41, 5.74) is 1.14. The van der Waals surface area contributed by atoms with Crippen LogP contribution in [0.4, 0.5) is 0 Å². The van der Waals surface area contributed by atoms with Crippen LogP contribution in [-0.2, 0) is 0 Å². The van der Waals surface area contributed by atoms with Gasteiger partial charge in [-0.2, -0.15) is 0 Å². The van der Waals surface area contributed by atoms with Crippen molar-refractivity contribution < 1.29 is 4.74 Å². The summed E-state index contributed by atoms with van der Waals surface area (Å²) in [7, 11) is 1.70. The number of halogens is 1. The van der Waals surface area contributed by atoms with Crippen molar-refractivity contribution in [3.63, 3.8) is 0 Å². The van der Waals surface area contributed by atoms with Crippen molar-refractivity contribution in [3.05, 3.63) is 53.1 Å². The fourth-order valence-electron chi connectivity index (χ4n) is 1.97. The molecule has 1 aromatic heterocycles. The quantitative estimate of drug-likeness (QED) is 0.722. The minimum absolute atomic E-state index is 0.900. The number of fused-ring (bicyclic) bond motifs is 1. The van der Waals surface area contributed by atoms with E-state index in [0.29, 0.717) is 0 Å².